The summed E-state index contributed by atoms with van der Waals surface area (Å²) in [4.78, 5) is 22.4. The monoisotopic (exact) mass is 331 g/mol. The SMILES string of the molecule is CC(C)c1cc(C(=O)NCCc2ccc(OCC(=O)O)cc2)n[nH]1. The van der Waals surface area contributed by atoms with Gasteiger partial charge in [-0.1, -0.05) is 26.0 Å². The maximum atomic E-state index is 12.0. The molecule has 0 aliphatic heterocycles. The van der Waals surface area contributed by atoms with E-state index in [1.54, 1.807) is 18.2 Å². The quantitative estimate of drug-likeness (QED) is 0.686. The molecule has 1 amide bonds. The molecule has 128 valence electrons. The molecule has 0 saturated carbocycles. The number of benzene rings is 1. The van der Waals surface area contributed by atoms with E-state index >= 15 is 0 Å². The first-order chi connectivity index (χ1) is 11.5. The van der Waals surface area contributed by atoms with E-state index in [-0.39, 0.29) is 12.5 Å². The van der Waals surface area contributed by atoms with Crippen LogP contribution in [0.1, 0.15) is 41.5 Å². The lowest BCUT2D eigenvalue weighted by atomic mass is 10.1. The molecule has 3 N–H and O–H groups in total. The Morgan fingerprint density at radius 3 is 2.58 bits per heavy atom. The van der Waals surface area contributed by atoms with E-state index in [0.717, 1.165) is 11.3 Å². The third kappa shape index (κ3) is 5.12. The summed E-state index contributed by atoms with van der Waals surface area (Å²) in [6.45, 7) is 4.17. The van der Waals surface area contributed by atoms with E-state index in [4.69, 9.17) is 9.84 Å². The molecule has 2 aromatic rings. The summed E-state index contributed by atoms with van der Waals surface area (Å²) < 4.78 is 5.06. The van der Waals surface area contributed by atoms with Crippen molar-refractivity contribution in [2.75, 3.05) is 13.2 Å². The molecule has 0 fully saturated rings. The lowest BCUT2D eigenvalue weighted by Crippen LogP contribution is -2.26. The summed E-state index contributed by atoms with van der Waals surface area (Å²) in [5.41, 5.74) is 2.33. The lowest BCUT2D eigenvalue weighted by Gasteiger charge is -2.06. The molecule has 1 aromatic heterocycles. The van der Waals surface area contributed by atoms with Gasteiger partial charge in [0.1, 0.15) is 11.4 Å². The van der Waals surface area contributed by atoms with Crippen LogP contribution >= 0.6 is 0 Å². The molecule has 0 aliphatic carbocycles. The predicted molar refractivity (Wildman–Crippen MR) is 88.3 cm³/mol. The zero-order valence-corrected chi connectivity index (χ0v) is 13.7. The van der Waals surface area contributed by atoms with Crippen molar-refractivity contribution in [2.24, 2.45) is 0 Å². The summed E-state index contributed by atoms with van der Waals surface area (Å²) in [6, 6.07) is 8.86. The van der Waals surface area contributed by atoms with Crippen molar-refractivity contribution in [3.8, 4) is 5.75 Å². The molecule has 1 heterocycles. The highest BCUT2D eigenvalue weighted by Crippen LogP contribution is 2.13. The molecule has 0 radical (unpaired) electrons. The number of hydrogen-bond donors (Lipinski definition) is 3. The average molecular weight is 331 g/mol. The smallest absolute Gasteiger partial charge is 0.341 e. The number of hydrogen-bond acceptors (Lipinski definition) is 4. The molecule has 24 heavy (non-hydrogen) atoms. The highest BCUT2D eigenvalue weighted by Gasteiger charge is 2.11. The molecular weight excluding hydrogens is 310 g/mol. The van der Waals surface area contributed by atoms with E-state index in [9.17, 15) is 9.59 Å². The molecule has 0 bridgehead atoms. The topological polar surface area (TPSA) is 104 Å². The van der Waals surface area contributed by atoms with Crippen molar-refractivity contribution in [1.29, 1.82) is 0 Å². The Kier molecular flexibility index (Phi) is 5.95. The maximum Gasteiger partial charge on any atom is 0.341 e. The molecule has 0 aliphatic rings. The third-order valence-corrected chi connectivity index (χ3v) is 3.44. The van der Waals surface area contributed by atoms with Gasteiger partial charge in [0.25, 0.3) is 5.91 Å². The van der Waals surface area contributed by atoms with Crippen LogP contribution in [-0.4, -0.2) is 40.3 Å². The molecule has 0 atom stereocenters. The molecule has 1 aromatic carbocycles. The number of ether oxygens (including phenoxy) is 1. The first-order valence-corrected chi connectivity index (χ1v) is 7.72. The zero-order chi connectivity index (χ0) is 17.5. The van der Waals surface area contributed by atoms with E-state index in [2.05, 4.69) is 15.5 Å². The van der Waals surface area contributed by atoms with Crippen LogP contribution in [0.4, 0.5) is 0 Å². The van der Waals surface area contributed by atoms with Gasteiger partial charge in [0.05, 0.1) is 0 Å². The number of carboxylic acid groups (broad SMARTS) is 1. The Labute approximate surface area is 140 Å². The normalized spacial score (nSPS) is 10.6. The Bertz CT molecular complexity index is 692. The molecule has 7 nitrogen and oxygen atoms in total. The fraction of sp³-hybridized carbons (Fsp3) is 0.353. The van der Waals surface area contributed by atoms with Crippen LogP contribution in [0, 0.1) is 0 Å². The van der Waals surface area contributed by atoms with E-state index in [1.165, 1.54) is 0 Å². The van der Waals surface area contributed by atoms with Gasteiger partial charge in [-0.25, -0.2) is 4.79 Å². The first-order valence-electron chi connectivity index (χ1n) is 7.72. The van der Waals surface area contributed by atoms with Crippen molar-refractivity contribution < 1.29 is 19.4 Å². The molecule has 7 heteroatoms. The fourth-order valence-electron chi connectivity index (χ4n) is 2.06. The highest BCUT2D eigenvalue weighted by atomic mass is 16.5. The minimum absolute atomic E-state index is 0.209. The number of nitrogens with one attached hydrogen (secondary N) is 2. The number of H-pyrrole nitrogens is 1. The van der Waals surface area contributed by atoms with Gasteiger partial charge in [-0.15, -0.1) is 0 Å². The average Bonchev–Trinajstić information content (AvgIpc) is 3.04. The second kappa shape index (κ2) is 8.14. The number of carbonyl (C=O) groups is 2. The number of aromatic nitrogens is 2. The van der Waals surface area contributed by atoms with Crippen LogP contribution in [-0.2, 0) is 11.2 Å². The molecule has 0 spiro atoms. The van der Waals surface area contributed by atoms with Crippen molar-refractivity contribution >= 4 is 11.9 Å². The Balaban J connectivity index is 1.78. The largest absolute Gasteiger partial charge is 0.482 e. The Morgan fingerprint density at radius 2 is 2.00 bits per heavy atom. The predicted octanol–water partition coefficient (Wildman–Crippen LogP) is 1.97. The maximum absolute atomic E-state index is 12.0. The standard InChI is InChI=1S/C17H21N3O4/c1-11(2)14-9-15(20-19-14)17(23)18-8-7-12-3-5-13(6-4-12)24-10-16(21)22/h3-6,9,11H,7-8,10H2,1-2H3,(H,18,23)(H,19,20)(H,21,22). The van der Waals surface area contributed by atoms with Crippen molar-refractivity contribution in [2.45, 2.75) is 26.2 Å². The summed E-state index contributed by atoms with van der Waals surface area (Å²) in [7, 11) is 0. The highest BCUT2D eigenvalue weighted by molar-refractivity contribution is 5.92. The van der Waals surface area contributed by atoms with Crippen LogP contribution in [0.15, 0.2) is 30.3 Å². The van der Waals surface area contributed by atoms with Crippen LogP contribution in [0.5, 0.6) is 5.75 Å². The second-order valence-corrected chi connectivity index (χ2v) is 5.70. The molecular formula is C17H21N3O4. The number of aromatic amines is 1. The zero-order valence-electron chi connectivity index (χ0n) is 13.7. The molecule has 0 saturated heterocycles. The molecule has 2 rings (SSSR count). The van der Waals surface area contributed by atoms with Crippen LogP contribution in [0.3, 0.4) is 0 Å². The van der Waals surface area contributed by atoms with Gasteiger partial charge in [0, 0.05) is 12.2 Å². The van der Waals surface area contributed by atoms with Gasteiger partial charge in [-0.05, 0) is 36.1 Å². The van der Waals surface area contributed by atoms with Gasteiger partial charge in [-0.3, -0.25) is 9.89 Å². The minimum atomic E-state index is -1.01. The summed E-state index contributed by atoms with van der Waals surface area (Å²) in [6.07, 6.45) is 0.659. The summed E-state index contributed by atoms with van der Waals surface area (Å²) in [5.74, 6) is -0.427. The number of nitrogens with zero attached hydrogens (tertiary/aromatic N) is 1. The molecule has 0 unspecified atom stereocenters. The van der Waals surface area contributed by atoms with Crippen LogP contribution < -0.4 is 10.1 Å². The number of carboxylic acids is 1. The van der Waals surface area contributed by atoms with E-state index in [0.29, 0.717) is 30.3 Å². The number of rotatable bonds is 8. The summed E-state index contributed by atoms with van der Waals surface area (Å²) >= 11 is 0. The first kappa shape index (κ1) is 17.5. The van der Waals surface area contributed by atoms with Crippen LogP contribution in [0.25, 0.3) is 0 Å². The minimum Gasteiger partial charge on any atom is -0.482 e. The second-order valence-electron chi connectivity index (χ2n) is 5.70. The van der Waals surface area contributed by atoms with Crippen molar-refractivity contribution in [3.05, 3.63) is 47.3 Å². The van der Waals surface area contributed by atoms with Crippen molar-refractivity contribution in [1.82, 2.24) is 15.5 Å². The Morgan fingerprint density at radius 1 is 1.29 bits per heavy atom. The van der Waals surface area contributed by atoms with E-state index < -0.39 is 5.97 Å². The summed E-state index contributed by atoms with van der Waals surface area (Å²) in [5, 5.41) is 18.2. The van der Waals surface area contributed by atoms with Gasteiger partial charge < -0.3 is 15.2 Å². The van der Waals surface area contributed by atoms with Gasteiger partial charge in [0.2, 0.25) is 0 Å². The Hall–Kier alpha value is -2.83. The number of amides is 1. The fourth-order valence-corrected chi connectivity index (χ4v) is 2.06. The number of aliphatic carboxylic acids is 1. The number of carbonyl (C=O) groups excluding carboxylic acids is 1. The van der Waals surface area contributed by atoms with Crippen molar-refractivity contribution in [3.63, 3.8) is 0 Å². The van der Waals surface area contributed by atoms with Gasteiger partial charge in [-0.2, -0.15) is 5.10 Å². The third-order valence-electron chi connectivity index (χ3n) is 3.44. The van der Waals surface area contributed by atoms with Gasteiger partial charge in [0.15, 0.2) is 6.61 Å². The van der Waals surface area contributed by atoms with Gasteiger partial charge >= 0.3 is 5.97 Å². The van der Waals surface area contributed by atoms with Crippen LogP contribution in [0.2, 0.25) is 0 Å². The lowest BCUT2D eigenvalue weighted by molar-refractivity contribution is -0.139. The van der Waals surface area contributed by atoms with E-state index in [1.807, 2.05) is 26.0 Å².